The minimum atomic E-state index is -1.36. The molecule has 0 aromatic carbocycles. The van der Waals surface area contributed by atoms with Crippen LogP contribution in [-0.4, -0.2) is 31.8 Å². The van der Waals surface area contributed by atoms with Gasteiger partial charge in [-0.15, -0.1) is 0 Å². The van der Waals surface area contributed by atoms with Gasteiger partial charge in [0.25, 0.3) is 5.56 Å². The molecule has 1 aliphatic rings. The highest BCUT2D eigenvalue weighted by Crippen LogP contribution is 2.27. The second-order valence-electron chi connectivity index (χ2n) is 7.56. The van der Waals surface area contributed by atoms with Gasteiger partial charge in [0.2, 0.25) is 0 Å². The molecule has 0 amide bonds. The fraction of sp³-hybridized carbons (Fsp3) is 0.409. The molecule has 0 radical (unpaired) electrons. The maximum atomic E-state index is 13.0. The predicted molar refractivity (Wildman–Crippen MR) is 116 cm³/mol. The molecular formula is C22H27N5O2. The normalized spacial score (nSPS) is 22.3. The largest absolute Gasteiger partial charge is 0.393 e. The molecule has 1 saturated carbocycles. The van der Waals surface area contributed by atoms with Crippen molar-refractivity contribution < 1.29 is 6.48 Å². The number of nitrogens with one attached hydrogen (secondary N) is 2. The number of hydrogen-bond acceptors (Lipinski definition) is 6. The Morgan fingerprint density at radius 2 is 2.03 bits per heavy atom. The van der Waals surface area contributed by atoms with Gasteiger partial charge in [-0.05, 0) is 74.7 Å². The van der Waals surface area contributed by atoms with Crippen LogP contribution >= 0.6 is 0 Å². The molecule has 0 unspecified atom stereocenters. The molecular weight excluding hydrogens is 366 g/mol. The van der Waals surface area contributed by atoms with Gasteiger partial charge in [-0.2, -0.15) is 0 Å². The number of aryl methyl sites for hydroxylation is 2. The molecule has 3 heterocycles. The van der Waals surface area contributed by atoms with Crippen molar-refractivity contribution in [2.45, 2.75) is 58.2 Å². The van der Waals surface area contributed by atoms with Crippen molar-refractivity contribution in [3.8, 4) is 0 Å². The Kier molecular flexibility index (Phi) is 5.13. The van der Waals surface area contributed by atoms with Crippen LogP contribution < -0.4 is 16.2 Å². The summed E-state index contributed by atoms with van der Waals surface area (Å²) >= 11 is 0. The van der Waals surface area contributed by atoms with Crippen molar-refractivity contribution in [2.24, 2.45) is 0 Å². The Balaban J connectivity index is 1.73. The monoisotopic (exact) mass is 394 g/mol. The van der Waals surface area contributed by atoms with E-state index in [0.29, 0.717) is 55.1 Å². The first-order valence-corrected chi connectivity index (χ1v) is 10.1. The SMILES string of the molecule is [2H][C@]1(O)CC[C@H](Nc2nc(Nc3cc(C)ccn3)cc3ccn(CC)c(=O)c23)CC1. The van der Waals surface area contributed by atoms with Crippen LogP contribution in [0.25, 0.3) is 10.8 Å². The maximum absolute atomic E-state index is 13.0. The van der Waals surface area contributed by atoms with Crippen LogP contribution in [0.15, 0.2) is 41.5 Å². The Morgan fingerprint density at radius 1 is 1.24 bits per heavy atom. The minimum absolute atomic E-state index is 0.0494. The number of aromatic nitrogens is 3. The first-order chi connectivity index (χ1) is 14.3. The van der Waals surface area contributed by atoms with Gasteiger partial charge in [0.05, 0.1) is 12.8 Å². The lowest BCUT2D eigenvalue weighted by Gasteiger charge is -2.27. The first kappa shape index (κ1) is 18.1. The predicted octanol–water partition coefficient (Wildman–Crippen LogP) is 3.58. The Labute approximate surface area is 171 Å². The van der Waals surface area contributed by atoms with Crippen molar-refractivity contribution in [3.05, 3.63) is 52.6 Å². The molecule has 0 aliphatic heterocycles. The van der Waals surface area contributed by atoms with E-state index in [1.54, 1.807) is 17.0 Å². The van der Waals surface area contributed by atoms with E-state index in [-0.39, 0.29) is 11.6 Å². The van der Waals surface area contributed by atoms with E-state index in [2.05, 4.69) is 15.6 Å². The molecule has 0 spiro atoms. The molecule has 1 aliphatic carbocycles. The van der Waals surface area contributed by atoms with Crippen LogP contribution in [0.1, 0.15) is 39.5 Å². The summed E-state index contributed by atoms with van der Waals surface area (Å²) in [7, 11) is 0. The van der Waals surface area contributed by atoms with Gasteiger partial charge >= 0.3 is 0 Å². The van der Waals surface area contributed by atoms with E-state index in [4.69, 9.17) is 6.35 Å². The van der Waals surface area contributed by atoms with Gasteiger partial charge in [-0.3, -0.25) is 4.79 Å². The molecule has 0 bridgehead atoms. The van der Waals surface area contributed by atoms with Gasteiger partial charge in [0.1, 0.15) is 17.5 Å². The van der Waals surface area contributed by atoms with Gasteiger partial charge in [-0.1, -0.05) is 0 Å². The van der Waals surface area contributed by atoms with E-state index in [9.17, 15) is 9.90 Å². The third-order valence-corrected chi connectivity index (χ3v) is 5.37. The Morgan fingerprint density at radius 3 is 2.76 bits per heavy atom. The van der Waals surface area contributed by atoms with Gasteiger partial charge in [0.15, 0.2) is 0 Å². The summed E-state index contributed by atoms with van der Waals surface area (Å²) in [6.07, 6.45) is 4.26. The van der Waals surface area contributed by atoms with Crippen molar-refractivity contribution in [2.75, 3.05) is 10.6 Å². The standard InChI is InChI=1S/C22H27N5O2/c1-3-27-11-9-15-13-19(25-18-12-14(2)8-10-23-18)26-21(20(15)22(27)29)24-16-4-6-17(28)7-5-16/h8-13,16-17,28H,3-7H2,1-2H3,(H2,23,24,25,26)/t16-,17-/i17D. The molecule has 7 heteroatoms. The topological polar surface area (TPSA) is 92.1 Å². The lowest BCUT2D eigenvalue weighted by Crippen LogP contribution is -2.29. The smallest absolute Gasteiger partial charge is 0.262 e. The molecule has 1 fully saturated rings. The average molecular weight is 394 g/mol. The number of anilines is 3. The van der Waals surface area contributed by atoms with Crippen LogP contribution in [0.5, 0.6) is 0 Å². The highest BCUT2D eigenvalue weighted by Gasteiger charge is 2.21. The third kappa shape index (κ3) is 4.24. The van der Waals surface area contributed by atoms with Crippen LogP contribution in [0.3, 0.4) is 0 Å². The molecule has 3 aromatic rings. The van der Waals surface area contributed by atoms with Crippen molar-refractivity contribution in [1.29, 1.82) is 0 Å². The molecule has 152 valence electrons. The van der Waals surface area contributed by atoms with Gasteiger partial charge in [0, 0.05) is 25.0 Å². The summed E-state index contributed by atoms with van der Waals surface area (Å²) < 4.78 is 9.49. The number of aliphatic hydroxyl groups is 1. The zero-order valence-electron chi connectivity index (χ0n) is 17.8. The summed E-state index contributed by atoms with van der Waals surface area (Å²) in [6, 6.07) is 7.69. The summed E-state index contributed by atoms with van der Waals surface area (Å²) in [4.78, 5) is 22.1. The van der Waals surface area contributed by atoms with E-state index in [1.807, 2.05) is 38.1 Å². The summed E-state index contributed by atoms with van der Waals surface area (Å²) in [5.41, 5.74) is 1.00. The van der Waals surface area contributed by atoms with Crippen LogP contribution in [0, 0.1) is 6.92 Å². The lowest BCUT2D eigenvalue weighted by molar-refractivity contribution is 0.126. The van der Waals surface area contributed by atoms with E-state index in [1.165, 1.54) is 0 Å². The van der Waals surface area contributed by atoms with E-state index in [0.717, 1.165) is 10.9 Å². The number of rotatable bonds is 5. The molecule has 29 heavy (non-hydrogen) atoms. The van der Waals surface area contributed by atoms with Gasteiger partial charge < -0.3 is 20.3 Å². The van der Waals surface area contributed by atoms with E-state index < -0.39 is 6.08 Å². The van der Waals surface area contributed by atoms with Crippen LogP contribution in [-0.2, 0) is 6.54 Å². The highest BCUT2D eigenvalue weighted by atomic mass is 16.3. The molecule has 4 rings (SSSR count). The third-order valence-electron chi connectivity index (χ3n) is 5.37. The molecule has 3 N–H and O–H groups in total. The first-order valence-electron chi connectivity index (χ1n) is 10.6. The molecule has 0 atom stereocenters. The zero-order valence-corrected chi connectivity index (χ0v) is 16.8. The Hall–Kier alpha value is -2.93. The summed E-state index contributed by atoms with van der Waals surface area (Å²) in [6.45, 7) is 4.51. The number of hydrogen-bond donors (Lipinski definition) is 3. The average Bonchev–Trinajstić information content (AvgIpc) is 2.70. The fourth-order valence-corrected chi connectivity index (χ4v) is 3.74. The fourth-order valence-electron chi connectivity index (χ4n) is 3.74. The molecule has 0 saturated heterocycles. The van der Waals surface area contributed by atoms with Gasteiger partial charge in [-0.25, -0.2) is 9.97 Å². The quantitative estimate of drug-likeness (QED) is 0.613. The molecule has 7 nitrogen and oxygen atoms in total. The summed E-state index contributed by atoms with van der Waals surface area (Å²) in [5.74, 6) is 1.81. The second kappa shape index (κ2) is 8.21. The van der Waals surface area contributed by atoms with Crippen LogP contribution in [0.4, 0.5) is 17.5 Å². The maximum Gasteiger partial charge on any atom is 0.262 e. The van der Waals surface area contributed by atoms with E-state index >= 15 is 0 Å². The number of pyridine rings is 3. The minimum Gasteiger partial charge on any atom is -0.393 e. The van der Waals surface area contributed by atoms with Crippen molar-refractivity contribution in [3.63, 3.8) is 0 Å². The highest BCUT2D eigenvalue weighted by molar-refractivity contribution is 5.93. The van der Waals surface area contributed by atoms with Crippen molar-refractivity contribution >= 4 is 28.2 Å². The lowest BCUT2D eigenvalue weighted by atomic mass is 9.93. The zero-order chi connectivity index (χ0) is 21.3. The molecule has 3 aromatic heterocycles. The number of fused-ring (bicyclic) bond motifs is 1. The second-order valence-corrected chi connectivity index (χ2v) is 7.56. The van der Waals surface area contributed by atoms with Crippen molar-refractivity contribution in [1.82, 2.24) is 14.5 Å². The Bertz CT molecular complexity index is 1120. The summed E-state index contributed by atoms with van der Waals surface area (Å²) in [5, 5.41) is 17.9. The number of nitrogens with zero attached hydrogens (tertiary/aromatic N) is 3. The van der Waals surface area contributed by atoms with Crippen LogP contribution in [0.2, 0.25) is 0 Å².